The van der Waals surface area contributed by atoms with Crippen LogP contribution in [-0.4, -0.2) is 14.2 Å². The Balaban J connectivity index is 2.30. The Labute approximate surface area is 138 Å². The first-order valence-corrected chi connectivity index (χ1v) is 7.64. The summed E-state index contributed by atoms with van der Waals surface area (Å²) < 4.78 is 11.7. The van der Waals surface area contributed by atoms with E-state index in [2.05, 4.69) is 15.9 Å². The minimum atomic E-state index is -0.228. The quantitative estimate of drug-likeness (QED) is 0.850. The number of rotatable bonds is 5. The molecule has 0 amide bonds. The lowest BCUT2D eigenvalue weighted by molar-refractivity contribution is 0.349. The highest BCUT2D eigenvalue weighted by atomic mass is 79.9. The van der Waals surface area contributed by atoms with E-state index in [0.29, 0.717) is 22.9 Å². The molecule has 0 aliphatic carbocycles. The molecule has 1 atom stereocenters. The van der Waals surface area contributed by atoms with Gasteiger partial charge in [-0.1, -0.05) is 45.7 Å². The molecule has 2 aromatic carbocycles. The predicted octanol–water partition coefficient (Wildman–Crippen LogP) is 4.36. The average molecular weight is 371 g/mol. The molecular formula is C16H17BrClNO2. The summed E-state index contributed by atoms with van der Waals surface area (Å²) in [5.74, 6) is 1.34. The summed E-state index contributed by atoms with van der Waals surface area (Å²) in [7, 11) is 3.22. The van der Waals surface area contributed by atoms with Gasteiger partial charge in [0, 0.05) is 21.1 Å². The van der Waals surface area contributed by atoms with Crippen molar-refractivity contribution in [1.29, 1.82) is 0 Å². The summed E-state index contributed by atoms with van der Waals surface area (Å²) in [6, 6.07) is 11.3. The van der Waals surface area contributed by atoms with Crippen LogP contribution in [0, 0.1) is 0 Å². The molecule has 112 valence electrons. The van der Waals surface area contributed by atoms with Gasteiger partial charge in [0.25, 0.3) is 0 Å². The Morgan fingerprint density at radius 3 is 2.57 bits per heavy atom. The van der Waals surface area contributed by atoms with Crippen LogP contribution >= 0.6 is 27.5 Å². The largest absolute Gasteiger partial charge is 0.493 e. The third-order valence-electron chi connectivity index (χ3n) is 3.29. The van der Waals surface area contributed by atoms with Crippen LogP contribution in [-0.2, 0) is 6.42 Å². The van der Waals surface area contributed by atoms with Gasteiger partial charge in [-0.15, -0.1) is 0 Å². The van der Waals surface area contributed by atoms with E-state index < -0.39 is 0 Å². The van der Waals surface area contributed by atoms with E-state index in [-0.39, 0.29) is 6.04 Å². The second-order valence-corrected chi connectivity index (χ2v) is 5.95. The molecule has 0 fully saturated rings. The highest BCUT2D eigenvalue weighted by Gasteiger charge is 2.17. The minimum absolute atomic E-state index is 0.228. The van der Waals surface area contributed by atoms with Gasteiger partial charge >= 0.3 is 0 Å². The molecule has 0 aliphatic heterocycles. The molecule has 0 saturated carbocycles. The van der Waals surface area contributed by atoms with Crippen molar-refractivity contribution in [2.75, 3.05) is 14.2 Å². The minimum Gasteiger partial charge on any atom is -0.493 e. The van der Waals surface area contributed by atoms with E-state index in [1.165, 1.54) is 0 Å². The molecule has 21 heavy (non-hydrogen) atoms. The third-order valence-corrected chi connectivity index (χ3v) is 4.13. The van der Waals surface area contributed by atoms with Crippen LogP contribution in [0.4, 0.5) is 0 Å². The summed E-state index contributed by atoms with van der Waals surface area (Å²) in [6.45, 7) is 0. The SMILES string of the molecule is COc1cccc(C(N)Cc2ccc(Br)cc2Cl)c1OC. The number of nitrogens with two attached hydrogens (primary N) is 1. The Hall–Kier alpha value is -1.23. The maximum atomic E-state index is 6.33. The van der Waals surface area contributed by atoms with Crippen molar-refractivity contribution < 1.29 is 9.47 Å². The van der Waals surface area contributed by atoms with Crippen LogP contribution in [0.25, 0.3) is 0 Å². The van der Waals surface area contributed by atoms with Gasteiger partial charge in [-0.25, -0.2) is 0 Å². The molecular weight excluding hydrogens is 354 g/mol. The molecule has 0 aliphatic rings. The van der Waals surface area contributed by atoms with Crippen LogP contribution in [0.2, 0.25) is 5.02 Å². The smallest absolute Gasteiger partial charge is 0.165 e. The summed E-state index contributed by atoms with van der Waals surface area (Å²) in [5, 5.41) is 0.696. The zero-order chi connectivity index (χ0) is 15.4. The topological polar surface area (TPSA) is 44.5 Å². The summed E-state index contributed by atoms with van der Waals surface area (Å²) in [4.78, 5) is 0. The number of para-hydroxylation sites is 1. The van der Waals surface area contributed by atoms with Crippen molar-refractivity contribution in [3.8, 4) is 11.5 Å². The lowest BCUT2D eigenvalue weighted by atomic mass is 9.98. The van der Waals surface area contributed by atoms with Crippen molar-refractivity contribution in [3.05, 3.63) is 57.0 Å². The Morgan fingerprint density at radius 1 is 1.19 bits per heavy atom. The fourth-order valence-corrected chi connectivity index (χ4v) is 2.99. The number of ether oxygens (including phenoxy) is 2. The van der Waals surface area contributed by atoms with Gasteiger partial charge in [-0.05, 0) is 30.2 Å². The number of methoxy groups -OCH3 is 2. The molecule has 2 aromatic rings. The number of hydrogen-bond donors (Lipinski definition) is 1. The van der Waals surface area contributed by atoms with Gasteiger partial charge in [0.05, 0.1) is 14.2 Å². The second kappa shape index (κ2) is 7.16. The zero-order valence-electron chi connectivity index (χ0n) is 11.9. The van der Waals surface area contributed by atoms with Gasteiger partial charge in [-0.3, -0.25) is 0 Å². The highest BCUT2D eigenvalue weighted by Crippen LogP contribution is 2.35. The van der Waals surface area contributed by atoms with Gasteiger partial charge in [0.1, 0.15) is 0 Å². The summed E-state index contributed by atoms with van der Waals surface area (Å²) in [6.07, 6.45) is 0.621. The molecule has 0 heterocycles. The first-order valence-electron chi connectivity index (χ1n) is 6.47. The molecule has 0 saturated heterocycles. The van der Waals surface area contributed by atoms with E-state index in [1.807, 2.05) is 36.4 Å². The van der Waals surface area contributed by atoms with E-state index in [9.17, 15) is 0 Å². The number of hydrogen-bond acceptors (Lipinski definition) is 3. The van der Waals surface area contributed by atoms with Crippen molar-refractivity contribution in [3.63, 3.8) is 0 Å². The van der Waals surface area contributed by atoms with Crippen LogP contribution in [0.1, 0.15) is 17.2 Å². The first kappa shape index (κ1) is 16.1. The number of halogens is 2. The molecule has 0 spiro atoms. The van der Waals surface area contributed by atoms with Crippen molar-refractivity contribution in [2.45, 2.75) is 12.5 Å². The van der Waals surface area contributed by atoms with Crippen molar-refractivity contribution >= 4 is 27.5 Å². The maximum Gasteiger partial charge on any atom is 0.165 e. The van der Waals surface area contributed by atoms with Gasteiger partial charge in [-0.2, -0.15) is 0 Å². The van der Waals surface area contributed by atoms with E-state index in [0.717, 1.165) is 15.6 Å². The Kier molecular flexibility index (Phi) is 5.51. The van der Waals surface area contributed by atoms with Crippen LogP contribution in [0.3, 0.4) is 0 Å². The predicted molar refractivity (Wildman–Crippen MR) is 89.3 cm³/mol. The third kappa shape index (κ3) is 3.70. The maximum absolute atomic E-state index is 6.33. The molecule has 2 N–H and O–H groups in total. The average Bonchev–Trinajstić information content (AvgIpc) is 2.49. The van der Waals surface area contributed by atoms with E-state index in [4.69, 9.17) is 26.8 Å². The number of benzene rings is 2. The monoisotopic (exact) mass is 369 g/mol. The summed E-state index contributed by atoms with van der Waals surface area (Å²) in [5.41, 5.74) is 8.22. The van der Waals surface area contributed by atoms with Crippen LogP contribution in [0.15, 0.2) is 40.9 Å². The lowest BCUT2D eigenvalue weighted by Gasteiger charge is -2.18. The lowest BCUT2D eigenvalue weighted by Crippen LogP contribution is -2.15. The fourth-order valence-electron chi connectivity index (χ4n) is 2.24. The fraction of sp³-hybridized carbons (Fsp3) is 0.250. The van der Waals surface area contributed by atoms with E-state index in [1.54, 1.807) is 14.2 Å². The molecule has 1 unspecified atom stereocenters. The van der Waals surface area contributed by atoms with Crippen LogP contribution in [0.5, 0.6) is 11.5 Å². The molecule has 0 aromatic heterocycles. The normalized spacial score (nSPS) is 12.0. The molecule has 3 nitrogen and oxygen atoms in total. The molecule has 5 heteroatoms. The molecule has 0 bridgehead atoms. The Bertz CT molecular complexity index is 634. The second-order valence-electron chi connectivity index (χ2n) is 4.63. The zero-order valence-corrected chi connectivity index (χ0v) is 14.2. The Morgan fingerprint density at radius 2 is 1.95 bits per heavy atom. The first-order chi connectivity index (χ1) is 10.1. The van der Waals surface area contributed by atoms with Crippen molar-refractivity contribution in [2.24, 2.45) is 5.73 Å². The van der Waals surface area contributed by atoms with Gasteiger partial charge in [0.15, 0.2) is 11.5 Å². The van der Waals surface area contributed by atoms with Gasteiger partial charge < -0.3 is 15.2 Å². The van der Waals surface area contributed by atoms with Gasteiger partial charge in [0.2, 0.25) is 0 Å². The van der Waals surface area contributed by atoms with E-state index >= 15 is 0 Å². The molecule has 2 rings (SSSR count). The van der Waals surface area contributed by atoms with Crippen LogP contribution < -0.4 is 15.2 Å². The van der Waals surface area contributed by atoms with Crippen molar-refractivity contribution in [1.82, 2.24) is 0 Å². The standard InChI is InChI=1S/C16H17BrClNO2/c1-20-15-5-3-4-12(16(15)21-2)14(19)8-10-6-7-11(17)9-13(10)18/h3-7,9,14H,8,19H2,1-2H3. The summed E-state index contributed by atoms with van der Waals surface area (Å²) >= 11 is 9.65. The molecule has 0 radical (unpaired) electrons. The highest BCUT2D eigenvalue weighted by molar-refractivity contribution is 9.10.